The van der Waals surface area contributed by atoms with Gasteiger partial charge < -0.3 is 9.73 Å². The Morgan fingerprint density at radius 1 is 0.691 bits per heavy atom. The minimum atomic E-state index is -5.03. The van der Waals surface area contributed by atoms with Crippen LogP contribution in [-0.2, 0) is 34.6 Å². The number of halogens is 8. The van der Waals surface area contributed by atoms with Gasteiger partial charge in [0.25, 0.3) is 5.89 Å². The number of ketones is 1. The molecular weight excluding hydrogens is 775 g/mol. The Morgan fingerprint density at radius 2 is 1.15 bits per heavy atom. The zero-order valence-corrected chi connectivity index (χ0v) is 30.2. The van der Waals surface area contributed by atoms with E-state index in [2.05, 4.69) is 34.6 Å². The van der Waals surface area contributed by atoms with Gasteiger partial charge in [-0.3, -0.25) is 9.59 Å². The van der Waals surface area contributed by atoms with E-state index in [1.54, 1.807) is 0 Å². The van der Waals surface area contributed by atoms with E-state index in [4.69, 9.17) is 23.2 Å². The van der Waals surface area contributed by atoms with Crippen LogP contribution in [-0.4, -0.2) is 54.5 Å². The molecule has 18 heteroatoms. The number of benzene rings is 2. The van der Waals surface area contributed by atoms with Crippen molar-refractivity contribution in [1.29, 1.82) is 0 Å². The van der Waals surface area contributed by atoms with Gasteiger partial charge in [0.2, 0.25) is 0 Å². The van der Waals surface area contributed by atoms with Gasteiger partial charge in [0.15, 0.2) is 5.78 Å². The van der Waals surface area contributed by atoms with Crippen molar-refractivity contribution in [2.45, 2.75) is 74.5 Å². The van der Waals surface area contributed by atoms with Gasteiger partial charge in [-0.15, -0.1) is 10.2 Å². The van der Waals surface area contributed by atoms with Gasteiger partial charge in [0.05, 0.1) is 17.7 Å². The third-order valence-electron chi connectivity index (χ3n) is 9.84. The molecule has 1 N–H and O–H groups in total. The molecule has 288 valence electrons. The van der Waals surface area contributed by atoms with Crippen LogP contribution in [0.15, 0.2) is 77.7 Å². The van der Waals surface area contributed by atoms with Crippen LogP contribution in [0.3, 0.4) is 0 Å². The summed E-state index contributed by atoms with van der Waals surface area (Å²) in [4.78, 5) is 39.7. The van der Waals surface area contributed by atoms with Crippen molar-refractivity contribution in [1.82, 2.24) is 35.5 Å². The SMILES string of the molecule is FC(F)(F)c1nnc(-c2cnc(CC3(c4ccc(Cl)cc4)CCC3)nc2)o1.O=C(CNC(=O)C(F)(F)F)c1cnc(CC2(c3ccc(Cl)cc3)CCC2)nc1. The van der Waals surface area contributed by atoms with Crippen molar-refractivity contribution >= 4 is 34.9 Å². The lowest BCUT2D eigenvalue weighted by Crippen LogP contribution is -2.39. The summed E-state index contributed by atoms with van der Waals surface area (Å²) in [5.74, 6) is -3.34. The number of nitrogens with one attached hydrogen (secondary N) is 1. The van der Waals surface area contributed by atoms with E-state index in [-0.39, 0.29) is 27.8 Å². The first kappa shape index (κ1) is 39.7. The van der Waals surface area contributed by atoms with Gasteiger partial charge >= 0.3 is 24.2 Å². The number of aromatic nitrogens is 6. The van der Waals surface area contributed by atoms with Crippen molar-refractivity contribution in [2.24, 2.45) is 0 Å². The van der Waals surface area contributed by atoms with E-state index in [9.17, 15) is 35.9 Å². The third-order valence-corrected chi connectivity index (χ3v) is 10.3. The smallest absolute Gasteiger partial charge is 0.413 e. The zero-order valence-electron chi connectivity index (χ0n) is 28.7. The Morgan fingerprint density at radius 3 is 1.53 bits per heavy atom. The molecule has 0 bridgehead atoms. The number of hydrogen-bond acceptors (Lipinski definition) is 9. The van der Waals surface area contributed by atoms with E-state index >= 15 is 0 Å². The van der Waals surface area contributed by atoms with Crippen molar-refractivity contribution < 1.29 is 40.3 Å². The number of amides is 1. The molecule has 0 spiro atoms. The Bertz CT molecular complexity index is 2100. The van der Waals surface area contributed by atoms with E-state index < -0.39 is 36.5 Å². The summed E-state index contributed by atoms with van der Waals surface area (Å²) in [5, 5.41) is 9.30. The fourth-order valence-corrected chi connectivity index (χ4v) is 6.77. The highest BCUT2D eigenvalue weighted by Gasteiger charge is 2.42. The molecular formula is C37H31Cl2F6N7O3. The quantitative estimate of drug-likeness (QED) is 0.109. The number of rotatable bonds is 10. The molecule has 5 aromatic rings. The summed E-state index contributed by atoms with van der Waals surface area (Å²) >= 11 is 11.9. The predicted molar refractivity (Wildman–Crippen MR) is 187 cm³/mol. The van der Waals surface area contributed by atoms with Crippen LogP contribution in [0, 0.1) is 0 Å². The first-order chi connectivity index (χ1) is 26.1. The number of alkyl halides is 6. The maximum Gasteiger partial charge on any atom is 0.471 e. The highest BCUT2D eigenvalue weighted by Crippen LogP contribution is 2.47. The third kappa shape index (κ3) is 9.47. The van der Waals surface area contributed by atoms with E-state index in [0.29, 0.717) is 34.5 Å². The lowest BCUT2D eigenvalue weighted by molar-refractivity contribution is -0.173. The van der Waals surface area contributed by atoms with Crippen LogP contribution >= 0.6 is 23.2 Å². The predicted octanol–water partition coefficient (Wildman–Crippen LogP) is 8.52. The number of carbonyl (C=O) groups is 2. The van der Waals surface area contributed by atoms with E-state index in [1.165, 1.54) is 35.7 Å². The molecule has 3 aromatic heterocycles. The van der Waals surface area contributed by atoms with Gasteiger partial charge in [0.1, 0.15) is 11.6 Å². The maximum absolute atomic E-state index is 12.6. The molecule has 55 heavy (non-hydrogen) atoms. The number of Topliss-reactive ketones (excluding diaryl/α,β-unsaturated/α-hetero) is 1. The molecule has 0 unspecified atom stereocenters. The van der Waals surface area contributed by atoms with Crippen LogP contribution in [0.25, 0.3) is 11.5 Å². The van der Waals surface area contributed by atoms with Crippen LogP contribution in [0.4, 0.5) is 26.3 Å². The molecule has 2 aliphatic carbocycles. The van der Waals surface area contributed by atoms with Crippen LogP contribution in [0.2, 0.25) is 10.0 Å². The zero-order chi connectivity index (χ0) is 39.4. The molecule has 0 aliphatic heterocycles. The highest BCUT2D eigenvalue weighted by atomic mass is 35.5. The molecule has 2 aromatic carbocycles. The molecule has 2 aliphatic rings. The van der Waals surface area contributed by atoms with Gasteiger partial charge in [-0.1, -0.05) is 60.3 Å². The molecule has 0 saturated heterocycles. The standard InChI is InChI=1S/C19H17ClF3N3O2.C18H14ClF3N4O/c20-14-4-2-13(3-5-14)18(6-1-7-18)8-16-24-9-12(10-25-16)15(27)11-26-17(28)19(21,22)23;19-13-4-2-12(3-5-13)17(6-1-7-17)8-14-23-9-11(10-24-14)15-25-26-16(27-15)18(20,21)22/h2-5,9-10H,1,6-8,11H2,(H,26,28);2-5,9-10H,1,6-8H2. The Labute approximate surface area is 320 Å². The van der Waals surface area contributed by atoms with E-state index in [0.717, 1.165) is 44.1 Å². The minimum Gasteiger partial charge on any atom is -0.413 e. The second-order valence-corrected chi connectivity index (χ2v) is 14.3. The molecule has 2 fully saturated rings. The molecule has 7 rings (SSSR count). The number of carbonyl (C=O) groups excluding carboxylic acids is 2. The normalized spacial score (nSPS) is 15.9. The lowest BCUT2D eigenvalue weighted by Gasteiger charge is -2.42. The van der Waals surface area contributed by atoms with Crippen molar-refractivity contribution in [3.05, 3.63) is 118 Å². The average Bonchev–Trinajstić information content (AvgIpc) is 3.63. The Hall–Kier alpha value is -4.96. The van der Waals surface area contributed by atoms with Gasteiger partial charge in [-0.25, -0.2) is 19.9 Å². The second-order valence-electron chi connectivity index (χ2n) is 13.4. The second kappa shape index (κ2) is 16.0. The van der Waals surface area contributed by atoms with Crippen molar-refractivity contribution in [3.63, 3.8) is 0 Å². The van der Waals surface area contributed by atoms with Crippen LogP contribution in [0.5, 0.6) is 0 Å². The number of nitrogens with zero attached hydrogens (tertiary/aromatic N) is 6. The summed E-state index contributed by atoms with van der Waals surface area (Å²) in [7, 11) is 0. The summed E-state index contributed by atoms with van der Waals surface area (Å²) < 4.78 is 78.8. The number of hydrogen-bond donors (Lipinski definition) is 1. The largest absolute Gasteiger partial charge is 0.471 e. The molecule has 0 radical (unpaired) electrons. The molecule has 10 nitrogen and oxygen atoms in total. The average molecular weight is 807 g/mol. The lowest BCUT2D eigenvalue weighted by atomic mass is 9.62. The van der Waals surface area contributed by atoms with Crippen molar-refractivity contribution in [2.75, 3.05) is 6.54 Å². The minimum absolute atomic E-state index is 0.0277. The summed E-state index contributed by atoms with van der Waals surface area (Å²) in [5.41, 5.74) is 2.53. The van der Waals surface area contributed by atoms with Gasteiger partial charge in [-0.05, 0) is 61.1 Å². The highest BCUT2D eigenvalue weighted by molar-refractivity contribution is 6.30. The summed E-state index contributed by atoms with van der Waals surface area (Å²) in [6.45, 7) is -0.768. The first-order valence-corrected chi connectivity index (χ1v) is 17.7. The maximum atomic E-state index is 12.6. The Balaban J connectivity index is 0.000000187. The molecule has 0 atom stereocenters. The first-order valence-electron chi connectivity index (χ1n) is 17.0. The summed E-state index contributed by atoms with van der Waals surface area (Å²) in [6, 6.07) is 15.4. The van der Waals surface area contributed by atoms with E-state index in [1.807, 2.05) is 48.5 Å². The van der Waals surface area contributed by atoms with Crippen LogP contribution < -0.4 is 5.32 Å². The topological polar surface area (TPSA) is 137 Å². The molecule has 1 amide bonds. The van der Waals surface area contributed by atoms with Gasteiger partial charge in [-0.2, -0.15) is 26.3 Å². The molecule has 2 saturated carbocycles. The fraction of sp³-hybridized carbons (Fsp3) is 0.351. The van der Waals surface area contributed by atoms with Crippen LogP contribution in [0.1, 0.15) is 77.5 Å². The summed E-state index contributed by atoms with van der Waals surface area (Å²) in [6.07, 6.45) is 3.15. The fourth-order valence-electron chi connectivity index (χ4n) is 6.52. The Kier molecular flexibility index (Phi) is 11.6. The monoisotopic (exact) mass is 805 g/mol. The van der Waals surface area contributed by atoms with Crippen molar-refractivity contribution in [3.8, 4) is 11.5 Å². The molecule has 3 heterocycles. The van der Waals surface area contributed by atoms with Gasteiger partial charge in [0, 0.05) is 58.5 Å².